The number of thiophene rings is 1. The normalized spacial score (nSPS) is 19.7. The van der Waals surface area contributed by atoms with E-state index in [9.17, 15) is 9.59 Å². The van der Waals surface area contributed by atoms with Gasteiger partial charge in [-0.2, -0.15) is 0 Å². The highest BCUT2D eigenvalue weighted by Crippen LogP contribution is 2.16. The van der Waals surface area contributed by atoms with E-state index in [4.69, 9.17) is 5.73 Å². The molecular weight excluding hydrogens is 274 g/mol. The summed E-state index contributed by atoms with van der Waals surface area (Å²) in [5.74, 6) is -0.356. The summed E-state index contributed by atoms with van der Waals surface area (Å²) in [6.45, 7) is 1.67. The molecule has 0 unspecified atom stereocenters. The SMILES string of the molecule is NC(=O)[C@H]1CCCCN1CC(=O)NCCc1cccs1. The predicted molar refractivity (Wildman–Crippen MR) is 79.4 cm³/mol. The Labute approximate surface area is 123 Å². The van der Waals surface area contributed by atoms with E-state index in [0.717, 1.165) is 32.2 Å². The summed E-state index contributed by atoms with van der Waals surface area (Å²) >= 11 is 1.69. The molecule has 1 aromatic rings. The van der Waals surface area contributed by atoms with Crippen molar-refractivity contribution < 1.29 is 9.59 Å². The van der Waals surface area contributed by atoms with Gasteiger partial charge in [0.1, 0.15) is 0 Å². The first-order chi connectivity index (χ1) is 9.66. The quantitative estimate of drug-likeness (QED) is 0.813. The molecule has 0 bridgehead atoms. The number of nitrogens with one attached hydrogen (secondary N) is 1. The van der Waals surface area contributed by atoms with E-state index >= 15 is 0 Å². The molecule has 2 rings (SSSR count). The standard InChI is InChI=1S/C14H21N3O2S/c15-14(19)12-5-1-2-8-17(12)10-13(18)16-7-6-11-4-3-9-20-11/h3-4,9,12H,1-2,5-8,10H2,(H2,15,19)(H,16,18)/t12-/m1/s1. The van der Waals surface area contributed by atoms with E-state index in [0.29, 0.717) is 6.54 Å². The van der Waals surface area contributed by atoms with Crippen molar-refractivity contribution in [3.05, 3.63) is 22.4 Å². The molecule has 1 aliphatic heterocycles. The average molecular weight is 295 g/mol. The predicted octanol–water partition coefficient (Wildman–Crippen LogP) is 0.747. The molecule has 5 nitrogen and oxygen atoms in total. The summed E-state index contributed by atoms with van der Waals surface area (Å²) < 4.78 is 0. The monoisotopic (exact) mass is 295 g/mol. The Bertz CT molecular complexity index is 447. The van der Waals surface area contributed by atoms with Crippen LogP contribution in [0.1, 0.15) is 24.1 Å². The zero-order chi connectivity index (χ0) is 14.4. The summed E-state index contributed by atoms with van der Waals surface area (Å²) in [6, 6.07) is 3.78. The Kier molecular flexibility index (Phi) is 5.55. The molecule has 1 atom stereocenters. The van der Waals surface area contributed by atoms with E-state index in [1.807, 2.05) is 16.3 Å². The van der Waals surface area contributed by atoms with E-state index in [1.54, 1.807) is 11.3 Å². The number of rotatable bonds is 6. The minimum Gasteiger partial charge on any atom is -0.368 e. The van der Waals surface area contributed by atoms with Crippen molar-refractivity contribution in [3.63, 3.8) is 0 Å². The maximum absolute atomic E-state index is 11.9. The van der Waals surface area contributed by atoms with E-state index in [2.05, 4.69) is 11.4 Å². The third-order valence-electron chi connectivity index (χ3n) is 3.56. The highest BCUT2D eigenvalue weighted by molar-refractivity contribution is 7.09. The summed E-state index contributed by atoms with van der Waals surface area (Å²) in [4.78, 5) is 26.4. The first kappa shape index (κ1) is 15.0. The second-order valence-electron chi connectivity index (χ2n) is 5.06. The van der Waals surface area contributed by atoms with Gasteiger partial charge in [0.2, 0.25) is 11.8 Å². The molecule has 110 valence electrons. The van der Waals surface area contributed by atoms with Crippen LogP contribution >= 0.6 is 11.3 Å². The van der Waals surface area contributed by atoms with Crippen LogP contribution in [0.4, 0.5) is 0 Å². The van der Waals surface area contributed by atoms with E-state index < -0.39 is 0 Å². The number of primary amides is 1. The van der Waals surface area contributed by atoms with Crippen LogP contribution in [-0.2, 0) is 16.0 Å². The average Bonchev–Trinajstić information content (AvgIpc) is 2.92. The first-order valence-corrected chi connectivity index (χ1v) is 7.87. The summed E-state index contributed by atoms with van der Waals surface area (Å²) in [5, 5.41) is 4.93. The van der Waals surface area contributed by atoms with Crippen molar-refractivity contribution in [1.82, 2.24) is 10.2 Å². The van der Waals surface area contributed by atoms with Crippen molar-refractivity contribution >= 4 is 23.2 Å². The number of amides is 2. The Morgan fingerprint density at radius 3 is 3.00 bits per heavy atom. The number of nitrogens with zero attached hydrogens (tertiary/aromatic N) is 1. The smallest absolute Gasteiger partial charge is 0.234 e. The molecule has 1 fully saturated rings. The second-order valence-corrected chi connectivity index (χ2v) is 6.10. The van der Waals surface area contributed by atoms with Crippen LogP contribution in [0.5, 0.6) is 0 Å². The van der Waals surface area contributed by atoms with Crippen molar-refractivity contribution in [2.24, 2.45) is 5.73 Å². The largest absolute Gasteiger partial charge is 0.368 e. The number of nitrogens with two attached hydrogens (primary N) is 1. The lowest BCUT2D eigenvalue weighted by atomic mass is 10.0. The summed E-state index contributed by atoms with van der Waals surface area (Å²) in [7, 11) is 0. The van der Waals surface area contributed by atoms with Crippen LogP contribution in [-0.4, -0.2) is 42.4 Å². The van der Waals surface area contributed by atoms with Gasteiger partial charge in [0.15, 0.2) is 0 Å². The van der Waals surface area contributed by atoms with Crippen molar-refractivity contribution in [3.8, 4) is 0 Å². The molecular formula is C14H21N3O2S. The van der Waals surface area contributed by atoms with Gasteiger partial charge in [-0.05, 0) is 37.3 Å². The van der Waals surface area contributed by atoms with Gasteiger partial charge in [0, 0.05) is 11.4 Å². The molecule has 2 amide bonds. The maximum Gasteiger partial charge on any atom is 0.234 e. The van der Waals surface area contributed by atoms with Gasteiger partial charge >= 0.3 is 0 Å². The van der Waals surface area contributed by atoms with Crippen LogP contribution in [0.3, 0.4) is 0 Å². The van der Waals surface area contributed by atoms with E-state index in [1.165, 1.54) is 4.88 Å². The summed E-state index contributed by atoms with van der Waals surface area (Å²) in [5.41, 5.74) is 5.39. The molecule has 0 aliphatic carbocycles. The van der Waals surface area contributed by atoms with Crippen LogP contribution in [0.2, 0.25) is 0 Å². The lowest BCUT2D eigenvalue weighted by Gasteiger charge is -2.32. The number of piperidine rings is 1. The minimum atomic E-state index is -0.323. The molecule has 1 aliphatic rings. The molecule has 2 heterocycles. The van der Waals surface area contributed by atoms with Crippen molar-refractivity contribution in [2.45, 2.75) is 31.7 Å². The Morgan fingerprint density at radius 1 is 1.45 bits per heavy atom. The molecule has 20 heavy (non-hydrogen) atoms. The molecule has 1 saturated heterocycles. The molecule has 0 saturated carbocycles. The zero-order valence-corrected chi connectivity index (χ0v) is 12.3. The van der Waals surface area contributed by atoms with Gasteiger partial charge in [-0.25, -0.2) is 0 Å². The highest BCUT2D eigenvalue weighted by atomic mass is 32.1. The van der Waals surface area contributed by atoms with Crippen LogP contribution in [0.15, 0.2) is 17.5 Å². The number of carbonyl (C=O) groups is 2. The van der Waals surface area contributed by atoms with Crippen LogP contribution < -0.4 is 11.1 Å². The number of likely N-dealkylation sites (tertiary alicyclic amines) is 1. The summed E-state index contributed by atoms with van der Waals surface area (Å²) in [6.07, 6.45) is 3.64. The Hall–Kier alpha value is -1.40. The number of hydrogen-bond donors (Lipinski definition) is 2. The topological polar surface area (TPSA) is 75.4 Å². The van der Waals surface area contributed by atoms with Gasteiger partial charge in [-0.1, -0.05) is 12.5 Å². The molecule has 1 aromatic heterocycles. The Morgan fingerprint density at radius 2 is 2.30 bits per heavy atom. The lowest BCUT2D eigenvalue weighted by Crippen LogP contribution is -2.51. The first-order valence-electron chi connectivity index (χ1n) is 6.99. The lowest BCUT2D eigenvalue weighted by molar-refractivity contribution is -0.128. The fourth-order valence-corrected chi connectivity index (χ4v) is 3.23. The van der Waals surface area contributed by atoms with E-state index in [-0.39, 0.29) is 24.4 Å². The van der Waals surface area contributed by atoms with Gasteiger partial charge in [0.05, 0.1) is 12.6 Å². The minimum absolute atomic E-state index is 0.0327. The van der Waals surface area contributed by atoms with Gasteiger partial charge in [0.25, 0.3) is 0 Å². The van der Waals surface area contributed by atoms with Crippen LogP contribution in [0.25, 0.3) is 0 Å². The molecule has 3 N–H and O–H groups in total. The molecule has 0 radical (unpaired) electrons. The van der Waals surface area contributed by atoms with Gasteiger partial charge in [-0.15, -0.1) is 11.3 Å². The van der Waals surface area contributed by atoms with Gasteiger partial charge in [-0.3, -0.25) is 14.5 Å². The van der Waals surface area contributed by atoms with Gasteiger partial charge < -0.3 is 11.1 Å². The van der Waals surface area contributed by atoms with Crippen LogP contribution in [0, 0.1) is 0 Å². The third-order valence-corrected chi connectivity index (χ3v) is 4.50. The highest BCUT2D eigenvalue weighted by Gasteiger charge is 2.27. The number of carbonyl (C=O) groups excluding carboxylic acids is 2. The maximum atomic E-state index is 11.9. The molecule has 0 aromatic carbocycles. The molecule has 6 heteroatoms. The number of hydrogen-bond acceptors (Lipinski definition) is 4. The third kappa shape index (κ3) is 4.31. The Balaban J connectivity index is 1.73. The molecule has 0 spiro atoms. The van der Waals surface area contributed by atoms with Crippen molar-refractivity contribution in [2.75, 3.05) is 19.6 Å². The fourth-order valence-electron chi connectivity index (χ4n) is 2.52. The zero-order valence-electron chi connectivity index (χ0n) is 11.5. The second kappa shape index (κ2) is 7.40. The van der Waals surface area contributed by atoms with Crippen molar-refractivity contribution in [1.29, 1.82) is 0 Å². The fraction of sp³-hybridized carbons (Fsp3) is 0.571.